The highest BCUT2D eigenvalue weighted by Crippen LogP contribution is 2.21. The number of aromatic nitrogens is 2. The minimum atomic E-state index is -0.906. The Kier molecular flexibility index (Phi) is 3.67. The van der Waals surface area contributed by atoms with Gasteiger partial charge in [0.05, 0.1) is 12.1 Å². The Balaban J connectivity index is 1.80. The number of imidazole rings is 1. The molecule has 1 aliphatic heterocycles. The third-order valence-corrected chi connectivity index (χ3v) is 4.73. The number of aliphatic carboxylic acids is 1. The number of hydrogen-bond acceptors (Lipinski definition) is 4. The molecule has 1 atom stereocenters. The Hall–Kier alpha value is -1.89. The van der Waals surface area contributed by atoms with Gasteiger partial charge >= 0.3 is 5.97 Å². The second kappa shape index (κ2) is 5.48. The van der Waals surface area contributed by atoms with Crippen molar-refractivity contribution in [2.24, 2.45) is 0 Å². The molecular weight excluding hydrogens is 290 g/mol. The third-order valence-electron chi connectivity index (χ3n) is 3.84. The molecule has 0 aromatic carbocycles. The minimum Gasteiger partial charge on any atom is -0.480 e. The van der Waals surface area contributed by atoms with E-state index in [0.29, 0.717) is 13.0 Å². The quantitative estimate of drug-likeness (QED) is 0.937. The fraction of sp³-hybridized carbons (Fsp3) is 0.500. The average molecular weight is 307 g/mol. The highest BCUT2D eigenvalue weighted by Gasteiger charge is 2.32. The summed E-state index contributed by atoms with van der Waals surface area (Å²) >= 11 is 1.50. The van der Waals surface area contributed by atoms with Gasteiger partial charge in [-0.3, -0.25) is 9.20 Å². The Morgan fingerprint density at radius 1 is 1.48 bits per heavy atom. The molecule has 6 nitrogen and oxygen atoms in total. The van der Waals surface area contributed by atoms with Gasteiger partial charge in [0.15, 0.2) is 4.96 Å². The first kappa shape index (κ1) is 14.1. The summed E-state index contributed by atoms with van der Waals surface area (Å²) in [5, 5.41) is 11.2. The van der Waals surface area contributed by atoms with Crippen LogP contribution >= 0.6 is 11.3 Å². The van der Waals surface area contributed by atoms with Crippen LogP contribution in [0.25, 0.3) is 4.96 Å². The van der Waals surface area contributed by atoms with Crippen LogP contribution in [0.5, 0.6) is 0 Å². The van der Waals surface area contributed by atoms with Crippen LogP contribution in [-0.2, 0) is 16.0 Å². The van der Waals surface area contributed by atoms with E-state index < -0.39 is 12.0 Å². The van der Waals surface area contributed by atoms with Crippen LogP contribution < -0.4 is 0 Å². The summed E-state index contributed by atoms with van der Waals surface area (Å²) in [7, 11) is 0. The molecule has 0 bridgehead atoms. The van der Waals surface area contributed by atoms with Crippen molar-refractivity contribution in [1.82, 2.24) is 14.3 Å². The number of carboxylic acids is 1. The monoisotopic (exact) mass is 307 g/mol. The number of hydrogen-bond donors (Lipinski definition) is 1. The number of carbonyl (C=O) groups is 2. The van der Waals surface area contributed by atoms with E-state index in [1.165, 1.54) is 16.2 Å². The molecule has 2 aromatic rings. The molecule has 1 aliphatic rings. The zero-order chi connectivity index (χ0) is 15.0. The second-order valence-corrected chi connectivity index (χ2v) is 6.21. The summed E-state index contributed by atoms with van der Waals surface area (Å²) in [6, 6.07) is -0.676. The van der Waals surface area contributed by atoms with Gasteiger partial charge < -0.3 is 10.0 Å². The van der Waals surface area contributed by atoms with E-state index in [-0.39, 0.29) is 12.3 Å². The maximum absolute atomic E-state index is 12.5. The predicted molar refractivity (Wildman–Crippen MR) is 78.5 cm³/mol. The van der Waals surface area contributed by atoms with Gasteiger partial charge in [-0.1, -0.05) is 0 Å². The van der Waals surface area contributed by atoms with Gasteiger partial charge in [0, 0.05) is 23.8 Å². The Morgan fingerprint density at radius 2 is 2.29 bits per heavy atom. The van der Waals surface area contributed by atoms with Gasteiger partial charge in [0.1, 0.15) is 6.04 Å². The fourth-order valence-corrected chi connectivity index (χ4v) is 3.73. The zero-order valence-corrected chi connectivity index (χ0v) is 12.6. The number of nitrogens with zero attached hydrogens (tertiary/aromatic N) is 3. The lowest BCUT2D eigenvalue weighted by Crippen LogP contribution is -2.48. The fourth-order valence-electron chi connectivity index (χ4n) is 2.81. The number of piperidine rings is 1. The highest BCUT2D eigenvalue weighted by atomic mass is 32.1. The van der Waals surface area contributed by atoms with Crippen molar-refractivity contribution in [3.05, 3.63) is 23.0 Å². The van der Waals surface area contributed by atoms with E-state index in [0.717, 1.165) is 29.2 Å². The summed E-state index contributed by atoms with van der Waals surface area (Å²) in [5.74, 6) is -1.02. The van der Waals surface area contributed by atoms with E-state index in [4.69, 9.17) is 0 Å². The number of carbonyl (C=O) groups excluding carboxylic acids is 1. The summed E-state index contributed by atoms with van der Waals surface area (Å²) in [6.07, 6.45) is 4.41. The Labute approximate surface area is 126 Å². The van der Waals surface area contributed by atoms with Crippen molar-refractivity contribution in [2.45, 2.75) is 38.6 Å². The van der Waals surface area contributed by atoms with Crippen LogP contribution in [0.15, 0.2) is 11.6 Å². The molecule has 1 N–H and O–H groups in total. The van der Waals surface area contributed by atoms with E-state index >= 15 is 0 Å². The average Bonchev–Trinajstić information content (AvgIpc) is 2.99. The van der Waals surface area contributed by atoms with E-state index in [1.54, 1.807) is 0 Å². The molecule has 0 spiro atoms. The van der Waals surface area contributed by atoms with Gasteiger partial charge in [0.25, 0.3) is 0 Å². The first-order valence-electron chi connectivity index (χ1n) is 7.00. The zero-order valence-electron chi connectivity index (χ0n) is 11.8. The van der Waals surface area contributed by atoms with E-state index in [2.05, 4.69) is 4.98 Å². The first-order chi connectivity index (χ1) is 10.1. The molecule has 2 aromatic heterocycles. The molecule has 3 heterocycles. The van der Waals surface area contributed by atoms with Crippen LogP contribution in [-0.4, -0.2) is 43.9 Å². The van der Waals surface area contributed by atoms with Crippen LogP contribution in [0.1, 0.15) is 30.7 Å². The molecule has 21 heavy (non-hydrogen) atoms. The molecule has 7 heteroatoms. The predicted octanol–water partition coefficient (Wildman–Crippen LogP) is 1.71. The summed E-state index contributed by atoms with van der Waals surface area (Å²) in [5.41, 5.74) is 1.78. The third kappa shape index (κ3) is 2.65. The number of aryl methyl sites for hydroxylation is 1. The maximum atomic E-state index is 12.5. The number of rotatable bonds is 3. The first-order valence-corrected chi connectivity index (χ1v) is 7.88. The molecule has 1 saturated heterocycles. The van der Waals surface area contributed by atoms with Gasteiger partial charge in [-0.2, -0.15) is 0 Å². The number of thiazole rings is 1. The van der Waals surface area contributed by atoms with E-state index in [1.807, 2.05) is 22.9 Å². The van der Waals surface area contributed by atoms with Crippen molar-refractivity contribution in [3.8, 4) is 0 Å². The lowest BCUT2D eigenvalue weighted by atomic mass is 10.0. The topological polar surface area (TPSA) is 74.9 Å². The number of amides is 1. The van der Waals surface area contributed by atoms with Gasteiger partial charge in [0.2, 0.25) is 5.91 Å². The maximum Gasteiger partial charge on any atom is 0.326 e. The second-order valence-electron chi connectivity index (χ2n) is 5.38. The number of likely N-dealkylation sites (tertiary alicyclic amines) is 1. The Morgan fingerprint density at radius 3 is 3.05 bits per heavy atom. The molecule has 1 unspecified atom stereocenters. The molecule has 3 rings (SSSR count). The van der Waals surface area contributed by atoms with Gasteiger partial charge in [-0.15, -0.1) is 11.3 Å². The van der Waals surface area contributed by atoms with Crippen LogP contribution in [0.2, 0.25) is 0 Å². The number of carboxylic acid groups (broad SMARTS) is 1. The van der Waals surface area contributed by atoms with Crippen molar-refractivity contribution in [2.75, 3.05) is 6.54 Å². The molecule has 0 aliphatic carbocycles. The van der Waals surface area contributed by atoms with Crippen LogP contribution in [0.3, 0.4) is 0 Å². The van der Waals surface area contributed by atoms with Gasteiger partial charge in [-0.05, 0) is 26.2 Å². The molecule has 0 saturated carbocycles. The molecular formula is C14H17N3O3S. The largest absolute Gasteiger partial charge is 0.480 e. The molecule has 1 amide bonds. The van der Waals surface area contributed by atoms with E-state index in [9.17, 15) is 14.7 Å². The van der Waals surface area contributed by atoms with Crippen molar-refractivity contribution in [3.63, 3.8) is 0 Å². The van der Waals surface area contributed by atoms with Crippen molar-refractivity contribution < 1.29 is 14.7 Å². The molecule has 1 fully saturated rings. The summed E-state index contributed by atoms with van der Waals surface area (Å²) in [4.78, 5) is 30.5. The van der Waals surface area contributed by atoms with Crippen molar-refractivity contribution >= 4 is 28.2 Å². The van der Waals surface area contributed by atoms with Crippen molar-refractivity contribution in [1.29, 1.82) is 0 Å². The lowest BCUT2D eigenvalue weighted by molar-refractivity contribution is -0.151. The highest BCUT2D eigenvalue weighted by molar-refractivity contribution is 7.15. The summed E-state index contributed by atoms with van der Waals surface area (Å²) in [6.45, 7) is 2.45. The lowest BCUT2D eigenvalue weighted by Gasteiger charge is -2.32. The summed E-state index contributed by atoms with van der Waals surface area (Å²) < 4.78 is 1.91. The molecule has 0 radical (unpaired) electrons. The normalized spacial score (nSPS) is 19.1. The van der Waals surface area contributed by atoms with Crippen LogP contribution in [0.4, 0.5) is 0 Å². The number of fused-ring (bicyclic) bond motifs is 1. The SMILES string of the molecule is Cc1cn2c(CC(=O)N3CCCCC3C(=O)O)csc2n1. The van der Waals surface area contributed by atoms with Crippen LogP contribution in [0, 0.1) is 6.92 Å². The Bertz CT molecular complexity index is 691. The standard InChI is InChI=1S/C14H17N3O3S/c1-9-7-17-10(8-21-14(17)15-9)6-12(18)16-5-3-2-4-11(16)13(19)20/h7-8,11H,2-6H2,1H3,(H,19,20). The minimum absolute atomic E-state index is 0.117. The van der Waals surface area contributed by atoms with Gasteiger partial charge in [-0.25, -0.2) is 9.78 Å². The molecule has 112 valence electrons. The smallest absolute Gasteiger partial charge is 0.326 e.